The minimum absolute atomic E-state index is 0.376. The first-order chi connectivity index (χ1) is 9.15. The molecule has 0 unspecified atom stereocenters. The number of halogens is 3. The molecular formula is C13H10Cl2FN3. The van der Waals surface area contributed by atoms with Gasteiger partial charge in [0.2, 0.25) is 5.95 Å². The van der Waals surface area contributed by atoms with Crippen LogP contribution in [0.25, 0.3) is 0 Å². The summed E-state index contributed by atoms with van der Waals surface area (Å²) < 4.78 is 13.5. The first kappa shape index (κ1) is 12.6. The molecule has 1 aliphatic rings. The van der Waals surface area contributed by atoms with Gasteiger partial charge in [-0.1, -0.05) is 23.2 Å². The van der Waals surface area contributed by atoms with Gasteiger partial charge in [0.05, 0.1) is 10.0 Å². The summed E-state index contributed by atoms with van der Waals surface area (Å²) in [6.45, 7) is 1.28. The third-order valence-electron chi connectivity index (χ3n) is 3.21. The van der Waals surface area contributed by atoms with Crippen LogP contribution in [0.2, 0.25) is 10.0 Å². The van der Waals surface area contributed by atoms with Gasteiger partial charge in [-0.25, -0.2) is 9.97 Å². The fourth-order valence-electron chi connectivity index (χ4n) is 2.22. The highest BCUT2D eigenvalue weighted by Gasteiger charge is 2.20. The van der Waals surface area contributed by atoms with Crippen LogP contribution in [0.3, 0.4) is 0 Å². The molecule has 6 heteroatoms. The van der Waals surface area contributed by atoms with Crippen LogP contribution in [0.1, 0.15) is 11.1 Å². The lowest BCUT2D eigenvalue weighted by Crippen LogP contribution is -2.31. The van der Waals surface area contributed by atoms with Gasteiger partial charge in [-0.2, -0.15) is 4.39 Å². The average Bonchev–Trinajstić information content (AvgIpc) is 2.42. The Hall–Kier alpha value is -1.39. The fraction of sp³-hybridized carbons (Fsp3) is 0.231. The largest absolute Gasteiger partial charge is 0.352 e. The molecule has 0 saturated carbocycles. The van der Waals surface area contributed by atoms with E-state index in [0.29, 0.717) is 35.1 Å². The summed E-state index contributed by atoms with van der Waals surface area (Å²) >= 11 is 11.8. The lowest BCUT2D eigenvalue weighted by atomic mass is 10.0. The average molecular weight is 298 g/mol. The third kappa shape index (κ3) is 2.38. The van der Waals surface area contributed by atoms with Crippen molar-refractivity contribution in [2.75, 3.05) is 11.4 Å². The molecule has 3 rings (SSSR count). The molecule has 0 amide bonds. The number of nitrogens with zero attached hydrogens (tertiary/aromatic N) is 3. The Balaban J connectivity index is 1.91. The van der Waals surface area contributed by atoms with E-state index >= 15 is 0 Å². The van der Waals surface area contributed by atoms with Gasteiger partial charge < -0.3 is 4.90 Å². The Kier molecular flexibility index (Phi) is 3.29. The topological polar surface area (TPSA) is 29.0 Å². The predicted octanol–water partition coefficient (Wildman–Crippen LogP) is 3.49. The minimum atomic E-state index is -0.376. The summed E-state index contributed by atoms with van der Waals surface area (Å²) in [4.78, 5) is 9.98. The summed E-state index contributed by atoms with van der Waals surface area (Å²) in [5.74, 6) is 0.372. The summed E-state index contributed by atoms with van der Waals surface area (Å²) in [6, 6.07) is 3.56. The molecule has 1 aliphatic heterocycles. The number of hydrogen-bond acceptors (Lipinski definition) is 3. The van der Waals surface area contributed by atoms with E-state index in [1.807, 2.05) is 11.0 Å². The Morgan fingerprint density at radius 3 is 2.84 bits per heavy atom. The minimum Gasteiger partial charge on any atom is -0.352 e. The number of aromatic nitrogens is 2. The molecule has 0 spiro atoms. The van der Waals surface area contributed by atoms with E-state index in [1.54, 1.807) is 6.07 Å². The van der Waals surface area contributed by atoms with E-state index in [-0.39, 0.29) is 5.95 Å². The van der Waals surface area contributed by atoms with Gasteiger partial charge >= 0.3 is 0 Å². The maximum Gasteiger partial charge on any atom is 0.216 e. The molecule has 0 fully saturated rings. The van der Waals surface area contributed by atoms with E-state index in [4.69, 9.17) is 23.2 Å². The molecule has 0 aromatic carbocycles. The van der Waals surface area contributed by atoms with Crippen molar-refractivity contribution >= 4 is 29.0 Å². The molecule has 19 heavy (non-hydrogen) atoms. The van der Waals surface area contributed by atoms with Gasteiger partial charge in [-0.3, -0.25) is 0 Å². The lowest BCUT2D eigenvalue weighted by molar-refractivity contribution is 0.550. The van der Waals surface area contributed by atoms with E-state index in [9.17, 15) is 4.39 Å². The number of pyridine rings is 2. The second-order valence-electron chi connectivity index (χ2n) is 4.37. The van der Waals surface area contributed by atoms with Crippen LogP contribution < -0.4 is 4.90 Å². The second-order valence-corrected chi connectivity index (χ2v) is 5.18. The molecular weight excluding hydrogens is 288 g/mol. The number of fused-ring (bicyclic) bond motifs is 1. The van der Waals surface area contributed by atoms with Gasteiger partial charge in [0, 0.05) is 37.1 Å². The standard InChI is InChI=1S/C13H10Cl2FN3/c14-10-5-12(18-6-11(10)15)19-4-2-9-8(7-19)1-3-17-13(9)16/h1,3,5-6H,2,4,7H2. The Morgan fingerprint density at radius 2 is 2.05 bits per heavy atom. The van der Waals surface area contributed by atoms with Crippen molar-refractivity contribution in [2.24, 2.45) is 0 Å². The van der Waals surface area contributed by atoms with Gasteiger partial charge in [0.25, 0.3) is 0 Å². The molecule has 0 saturated heterocycles. The van der Waals surface area contributed by atoms with E-state index in [1.165, 1.54) is 12.4 Å². The van der Waals surface area contributed by atoms with Crippen LogP contribution in [0.5, 0.6) is 0 Å². The molecule has 3 heterocycles. The van der Waals surface area contributed by atoms with Crippen molar-refractivity contribution < 1.29 is 4.39 Å². The maximum atomic E-state index is 13.5. The molecule has 0 bridgehead atoms. The van der Waals surface area contributed by atoms with Gasteiger partial charge in [0.15, 0.2) is 0 Å². The predicted molar refractivity (Wildman–Crippen MR) is 73.2 cm³/mol. The summed E-state index contributed by atoms with van der Waals surface area (Å²) in [6.07, 6.45) is 3.62. The monoisotopic (exact) mass is 297 g/mol. The quantitative estimate of drug-likeness (QED) is 0.755. The van der Waals surface area contributed by atoms with Crippen LogP contribution in [0.4, 0.5) is 10.2 Å². The SMILES string of the molecule is Fc1nccc2c1CCN(c1cc(Cl)c(Cl)cn1)C2. The lowest BCUT2D eigenvalue weighted by Gasteiger charge is -2.29. The van der Waals surface area contributed by atoms with E-state index in [0.717, 1.165) is 11.4 Å². The molecule has 0 N–H and O–H groups in total. The van der Waals surface area contributed by atoms with Crippen LogP contribution in [-0.2, 0) is 13.0 Å². The van der Waals surface area contributed by atoms with Crippen molar-refractivity contribution in [3.63, 3.8) is 0 Å². The highest BCUT2D eigenvalue weighted by molar-refractivity contribution is 6.42. The van der Waals surface area contributed by atoms with Gasteiger partial charge in [-0.05, 0) is 18.1 Å². The highest BCUT2D eigenvalue weighted by Crippen LogP contribution is 2.28. The number of rotatable bonds is 1. The van der Waals surface area contributed by atoms with Crippen LogP contribution in [0.15, 0.2) is 24.5 Å². The molecule has 0 radical (unpaired) electrons. The van der Waals surface area contributed by atoms with Gasteiger partial charge in [-0.15, -0.1) is 0 Å². The highest BCUT2D eigenvalue weighted by atomic mass is 35.5. The summed E-state index contributed by atoms with van der Waals surface area (Å²) in [7, 11) is 0. The molecule has 0 aliphatic carbocycles. The number of anilines is 1. The van der Waals surface area contributed by atoms with Gasteiger partial charge in [0.1, 0.15) is 5.82 Å². The zero-order valence-corrected chi connectivity index (χ0v) is 11.4. The fourth-order valence-corrected chi connectivity index (χ4v) is 2.47. The summed E-state index contributed by atoms with van der Waals surface area (Å²) in [5.41, 5.74) is 1.63. The molecule has 3 nitrogen and oxygen atoms in total. The van der Waals surface area contributed by atoms with Crippen LogP contribution in [-0.4, -0.2) is 16.5 Å². The van der Waals surface area contributed by atoms with Crippen molar-refractivity contribution in [1.29, 1.82) is 0 Å². The zero-order valence-electron chi connectivity index (χ0n) is 9.91. The Morgan fingerprint density at radius 1 is 1.21 bits per heavy atom. The number of hydrogen-bond donors (Lipinski definition) is 0. The smallest absolute Gasteiger partial charge is 0.216 e. The first-order valence-electron chi connectivity index (χ1n) is 5.83. The molecule has 0 atom stereocenters. The molecule has 98 valence electrons. The molecule has 2 aromatic rings. The zero-order chi connectivity index (χ0) is 13.4. The van der Waals surface area contributed by atoms with Crippen molar-refractivity contribution in [1.82, 2.24) is 9.97 Å². The summed E-state index contributed by atoms with van der Waals surface area (Å²) in [5, 5.41) is 0.899. The third-order valence-corrected chi connectivity index (χ3v) is 3.92. The Bertz CT molecular complexity index is 633. The van der Waals surface area contributed by atoms with Crippen LogP contribution >= 0.6 is 23.2 Å². The normalized spacial score (nSPS) is 14.4. The Labute approximate surface area is 120 Å². The van der Waals surface area contributed by atoms with Crippen molar-refractivity contribution in [3.05, 3.63) is 51.6 Å². The van der Waals surface area contributed by atoms with E-state index < -0.39 is 0 Å². The molecule has 2 aromatic heterocycles. The second kappa shape index (κ2) is 4.94. The maximum absolute atomic E-state index is 13.5. The van der Waals surface area contributed by atoms with Crippen molar-refractivity contribution in [3.8, 4) is 0 Å². The van der Waals surface area contributed by atoms with Crippen molar-refractivity contribution in [2.45, 2.75) is 13.0 Å². The first-order valence-corrected chi connectivity index (χ1v) is 6.59. The van der Waals surface area contributed by atoms with E-state index in [2.05, 4.69) is 9.97 Å². The van der Waals surface area contributed by atoms with Crippen LogP contribution in [0, 0.1) is 5.95 Å².